The zero-order chi connectivity index (χ0) is 13.4. The molecule has 0 spiro atoms. The highest BCUT2D eigenvalue weighted by atomic mass is 79.9. The van der Waals surface area contributed by atoms with Crippen LogP contribution < -0.4 is 15.8 Å². The largest absolute Gasteiger partial charge is 0.365 e. The van der Waals surface area contributed by atoms with Crippen molar-refractivity contribution in [2.45, 2.75) is 37.8 Å². The molecule has 5 nitrogen and oxygen atoms in total. The zero-order valence-electron chi connectivity index (χ0n) is 11.1. The lowest BCUT2D eigenvalue weighted by Gasteiger charge is -2.28. The number of hydrogen-bond donors (Lipinski definition) is 1. The molecule has 1 aromatic heterocycles. The van der Waals surface area contributed by atoms with Crippen molar-refractivity contribution >= 4 is 21.6 Å². The van der Waals surface area contributed by atoms with Crippen LogP contribution in [0.5, 0.6) is 0 Å². The lowest BCUT2D eigenvalue weighted by atomic mass is 10.2. The molecule has 2 heterocycles. The topological polar surface area (TPSA) is 50.2 Å². The molecule has 0 aromatic carbocycles. The van der Waals surface area contributed by atoms with Gasteiger partial charge in [0.25, 0.3) is 5.56 Å². The molecule has 1 unspecified atom stereocenters. The fourth-order valence-corrected chi connectivity index (χ4v) is 3.27. The van der Waals surface area contributed by atoms with Gasteiger partial charge in [0.1, 0.15) is 4.47 Å². The number of aromatic nitrogens is 2. The van der Waals surface area contributed by atoms with Crippen LogP contribution in [0.2, 0.25) is 0 Å². The number of nitrogens with one attached hydrogen (secondary N) is 1. The average molecular weight is 327 g/mol. The summed E-state index contributed by atoms with van der Waals surface area (Å²) in [5, 5.41) is 7.68. The smallest absolute Gasteiger partial charge is 0.282 e. The van der Waals surface area contributed by atoms with Crippen molar-refractivity contribution in [1.82, 2.24) is 15.1 Å². The number of nitrogens with zero attached hydrogens (tertiary/aromatic N) is 3. The Balaban J connectivity index is 1.87. The lowest BCUT2D eigenvalue weighted by molar-refractivity contribution is 0.575. The number of rotatable bonds is 4. The third-order valence-corrected chi connectivity index (χ3v) is 4.68. The molecular formula is C13H19BrN4O. The summed E-state index contributed by atoms with van der Waals surface area (Å²) in [5.41, 5.74) is 0.877. The van der Waals surface area contributed by atoms with Gasteiger partial charge in [-0.2, -0.15) is 5.10 Å². The van der Waals surface area contributed by atoms with E-state index in [4.69, 9.17) is 0 Å². The highest BCUT2D eigenvalue weighted by Gasteiger charge is 2.33. The summed E-state index contributed by atoms with van der Waals surface area (Å²) in [6, 6.07) is 1.11. The minimum absolute atomic E-state index is 0.0671. The molecule has 1 saturated carbocycles. The van der Waals surface area contributed by atoms with Crippen LogP contribution in [-0.2, 0) is 7.05 Å². The highest BCUT2D eigenvalue weighted by molar-refractivity contribution is 9.10. The van der Waals surface area contributed by atoms with Crippen LogP contribution in [0.1, 0.15) is 25.7 Å². The number of anilines is 1. The molecule has 6 heteroatoms. The molecule has 104 valence electrons. The summed E-state index contributed by atoms with van der Waals surface area (Å²) < 4.78 is 2.00. The second kappa shape index (κ2) is 5.25. The first kappa shape index (κ1) is 13.1. The summed E-state index contributed by atoms with van der Waals surface area (Å²) in [4.78, 5) is 14.3. The van der Waals surface area contributed by atoms with Gasteiger partial charge in [0.2, 0.25) is 0 Å². The van der Waals surface area contributed by atoms with Crippen LogP contribution in [0.3, 0.4) is 0 Å². The standard InChI is InChI=1S/C13H19BrN4O/c1-17-13(19)12(14)11(7-16-17)18(10-4-5-10)8-9-3-2-6-15-9/h7,9-10,15H,2-6,8H2,1H3. The van der Waals surface area contributed by atoms with Crippen molar-refractivity contribution in [2.24, 2.45) is 7.05 Å². The third kappa shape index (κ3) is 2.69. The molecule has 2 aliphatic rings. The summed E-state index contributed by atoms with van der Waals surface area (Å²) in [7, 11) is 1.68. The monoisotopic (exact) mass is 326 g/mol. The van der Waals surface area contributed by atoms with Crippen molar-refractivity contribution in [2.75, 3.05) is 18.0 Å². The highest BCUT2D eigenvalue weighted by Crippen LogP contribution is 2.34. The fourth-order valence-electron chi connectivity index (χ4n) is 2.68. The predicted octanol–water partition coefficient (Wildman–Crippen LogP) is 1.26. The molecule has 0 radical (unpaired) electrons. The van der Waals surface area contributed by atoms with Crippen LogP contribution >= 0.6 is 15.9 Å². The molecular weight excluding hydrogens is 308 g/mol. The molecule has 1 aromatic rings. The van der Waals surface area contributed by atoms with Gasteiger partial charge in [0.15, 0.2) is 0 Å². The minimum Gasteiger partial charge on any atom is -0.365 e. The first-order valence-electron chi connectivity index (χ1n) is 6.88. The Labute approximate surface area is 121 Å². The van der Waals surface area contributed by atoms with Gasteiger partial charge < -0.3 is 10.2 Å². The molecule has 1 atom stereocenters. The van der Waals surface area contributed by atoms with Crippen LogP contribution in [-0.4, -0.2) is 35.0 Å². The predicted molar refractivity (Wildman–Crippen MR) is 78.6 cm³/mol. The van der Waals surface area contributed by atoms with Gasteiger partial charge in [-0.3, -0.25) is 4.79 Å². The van der Waals surface area contributed by atoms with Crippen molar-refractivity contribution in [1.29, 1.82) is 0 Å². The second-order valence-corrected chi connectivity index (χ2v) is 6.24. The van der Waals surface area contributed by atoms with Gasteiger partial charge in [-0.1, -0.05) is 0 Å². The third-order valence-electron chi connectivity index (χ3n) is 3.94. The van der Waals surface area contributed by atoms with E-state index in [0.29, 0.717) is 16.6 Å². The van der Waals surface area contributed by atoms with E-state index in [1.54, 1.807) is 13.2 Å². The van der Waals surface area contributed by atoms with Crippen LogP contribution in [0, 0.1) is 0 Å². The molecule has 0 bridgehead atoms. The molecule has 1 N–H and O–H groups in total. The average Bonchev–Trinajstić information content (AvgIpc) is 3.12. The Morgan fingerprint density at radius 3 is 2.95 bits per heavy atom. The first-order chi connectivity index (χ1) is 9.16. The van der Waals surface area contributed by atoms with Crippen LogP contribution in [0.4, 0.5) is 5.69 Å². The number of hydrogen-bond acceptors (Lipinski definition) is 4. The van der Waals surface area contributed by atoms with E-state index in [2.05, 4.69) is 31.2 Å². The number of halogens is 1. The van der Waals surface area contributed by atoms with Gasteiger partial charge in [-0.15, -0.1) is 0 Å². The van der Waals surface area contributed by atoms with E-state index >= 15 is 0 Å². The van der Waals surface area contributed by atoms with Crippen molar-refractivity contribution in [3.8, 4) is 0 Å². The summed E-state index contributed by atoms with van der Waals surface area (Å²) >= 11 is 3.44. The van der Waals surface area contributed by atoms with Gasteiger partial charge >= 0.3 is 0 Å². The quantitative estimate of drug-likeness (QED) is 0.905. The Kier molecular flexibility index (Phi) is 3.62. The maximum absolute atomic E-state index is 12.0. The maximum atomic E-state index is 12.0. The molecule has 19 heavy (non-hydrogen) atoms. The normalized spacial score (nSPS) is 22.7. The van der Waals surface area contributed by atoms with E-state index < -0.39 is 0 Å². The van der Waals surface area contributed by atoms with E-state index in [0.717, 1.165) is 18.8 Å². The van der Waals surface area contributed by atoms with E-state index in [1.807, 2.05) is 0 Å². The molecule has 2 fully saturated rings. The van der Waals surface area contributed by atoms with Crippen molar-refractivity contribution in [3.05, 3.63) is 21.0 Å². The van der Waals surface area contributed by atoms with Gasteiger partial charge in [0, 0.05) is 25.7 Å². The SMILES string of the molecule is Cn1ncc(N(CC2CCCN2)C2CC2)c(Br)c1=O. The van der Waals surface area contributed by atoms with E-state index in [-0.39, 0.29) is 5.56 Å². The van der Waals surface area contributed by atoms with Gasteiger partial charge in [-0.25, -0.2) is 4.68 Å². The fraction of sp³-hybridized carbons (Fsp3) is 0.692. The lowest BCUT2D eigenvalue weighted by Crippen LogP contribution is -2.40. The Morgan fingerprint density at radius 2 is 2.32 bits per heavy atom. The first-order valence-corrected chi connectivity index (χ1v) is 7.68. The van der Waals surface area contributed by atoms with Crippen LogP contribution in [0.25, 0.3) is 0 Å². The van der Waals surface area contributed by atoms with Gasteiger partial charge in [-0.05, 0) is 48.2 Å². The molecule has 1 aliphatic heterocycles. The van der Waals surface area contributed by atoms with Gasteiger partial charge in [0.05, 0.1) is 11.9 Å². The summed E-state index contributed by atoms with van der Waals surface area (Å²) in [6.07, 6.45) is 6.71. The Hall–Kier alpha value is -0.880. The summed E-state index contributed by atoms with van der Waals surface area (Å²) in [5.74, 6) is 0. The number of aryl methyl sites for hydroxylation is 1. The van der Waals surface area contributed by atoms with Crippen molar-refractivity contribution < 1.29 is 0 Å². The molecule has 1 saturated heterocycles. The Bertz CT molecular complexity index is 520. The Morgan fingerprint density at radius 1 is 1.53 bits per heavy atom. The second-order valence-electron chi connectivity index (χ2n) is 5.45. The summed E-state index contributed by atoms with van der Waals surface area (Å²) in [6.45, 7) is 2.08. The minimum atomic E-state index is -0.0671. The van der Waals surface area contributed by atoms with Crippen LogP contribution in [0.15, 0.2) is 15.5 Å². The molecule has 3 rings (SSSR count). The molecule has 0 amide bonds. The van der Waals surface area contributed by atoms with Crippen molar-refractivity contribution in [3.63, 3.8) is 0 Å². The van der Waals surface area contributed by atoms with E-state index in [9.17, 15) is 4.79 Å². The molecule has 1 aliphatic carbocycles. The van der Waals surface area contributed by atoms with E-state index in [1.165, 1.54) is 30.4 Å². The maximum Gasteiger partial charge on any atom is 0.282 e. The zero-order valence-corrected chi connectivity index (χ0v) is 12.7.